The zero-order chi connectivity index (χ0) is 24.2. The number of aliphatic hydroxyl groups is 1. The standard InChI is InChI=1S/C24H20N2O7S/c1-32-17-7-9-18(10-8-17)33-12-11-25-21(19-6-3-13-34-19)20(23(28)24(25)29)22(27)15-4-2-5-16(14-15)26(30)31/h2-10,13-14,21,27H,11-12H2,1H3/b22-20-. The number of benzene rings is 2. The second-order valence-electron chi connectivity index (χ2n) is 7.34. The number of amides is 1. The number of nitrogens with zero attached hydrogens (tertiary/aromatic N) is 2. The second kappa shape index (κ2) is 9.75. The van der Waals surface area contributed by atoms with E-state index in [1.54, 1.807) is 48.9 Å². The van der Waals surface area contributed by atoms with Crippen LogP contribution in [-0.4, -0.2) is 46.9 Å². The number of Topliss-reactive ketones (excluding diaryl/α,β-unsaturated/α-hetero) is 1. The average molecular weight is 480 g/mol. The van der Waals surface area contributed by atoms with Crippen molar-refractivity contribution in [2.75, 3.05) is 20.3 Å². The minimum Gasteiger partial charge on any atom is -0.507 e. The van der Waals surface area contributed by atoms with Gasteiger partial charge in [-0.3, -0.25) is 19.7 Å². The van der Waals surface area contributed by atoms with Crippen molar-refractivity contribution in [3.8, 4) is 11.5 Å². The number of nitro groups is 1. The van der Waals surface area contributed by atoms with Crippen LogP contribution in [0.1, 0.15) is 16.5 Å². The van der Waals surface area contributed by atoms with E-state index in [1.165, 1.54) is 40.5 Å². The lowest BCUT2D eigenvalue weighted by Gasteiger charge is -2.24. The smallest absolute Gasteiger partial charge is 0.295 e. The summed E-state index contributed by atoms with van der Waals surface area (Å²) in [6.45, 7) is 0.197. The molecule has 1 fully saturated rings. The zero-order valence-corrected chi connectivity index (χ0v) is 18.9. The van der Waals surface area contributed by atoms with E-state index in [1.807, 2.05) is 0 Å². The molecule has 2 heterocycles. The van der Waals surface area contributed by atoms with Crippen molar-refractivity contribution in [1.82, 2.24) is 4.90 Å². The van der Waals surface area contributed by atoms with Gasteiger partial charge in [-0.05, 0) is 35.7 Å². The van der Waals surface area contributed by atoms with Gasteiger partial charge >= 0.3 is 0 Å². The molecule has 10 heteroatoms. The van der Waals surface area contributed by atoms with Gasteiger partial charge in [0.15, 0.2) is 0 Å². The number of hydrogen-bond donors (Lipinski definition) is 1. The molecule has 1 saturated heterocycles. The summed E-state index contributed by atoms with van der Waals surface area (Å²) in [5.41, 5.74) is -0.264. The van der Waals surface area contributed by atoms with Gasteiger partial charge in [0.1, 0.15) is 23.9 Å². The number of carbonyl (C=O) groups is 2. The summed E-state index contributed by atoms with van der Waals surface area (Å²) >= 11 is 1.33. The van der Waals surface area contributed by atoms with Crippen LogP contribution in [0.4, 0.5) is 5.69 Å². The molecule has 3 aromatic rings. The first kappa shape index (κ1) is 23.0. The van der Waals surface area contributed by atoms with Gasteiger partial charge in [0, 0.05) is 22.6 Å². The number of carbonyl (C=O) groups excluding carboxylic acids is 2. The summed E-state index contributed by atoms with van der Waals surface area (Å²) in [5.74, 6) is -0.840. The van der Waals surface area contributed by atoms with E-state index in [0.29, 0.717) is 16.4 Å². The molecule has 1 atom stereocenters. The number of thiophene rings is 1. The average Bonchev–Trinajstić information content (AvgIpc) is 3.47. The quantitative estimate of drug-likeness (QED) is 0.169. The Hall–Kier alpha value is -4.18. The number of non-ortho nitro benzene ring substituents is 1. The van der Waals surface area contributed by atoms with Gasteiger partial charge < -0.3 is 19.5 Å². The molecule has 1 amide bonds. The molecular weight excluding hydrogens is 460 g/mol. The summed E-state index contributed by atoms with van der Waals surface area (Å²) in [7, 11) is 1.56. The Bertz CT molecular complexity index is 1250. The first-order valence-electron chi connectivity index (χ1n) is 10.2. The van der Waals surface area contributed by atoms with Gasteiger partial charge in [0.2, 0.25) is 0 Å². The van der Waals surface area contributed by atoms with E-state index in [9.17, 15) is 24.8 Å². The van der Waals surface area contributed by atoms with Crippen LogP contribution in [-0.2, 0) is 9.59 Å². The Morgan fingerprint density at radius 2 is 1.85 bits per heavy atom. The fourth-order valence-corrected chi connectivity index (χ4v) is 4.55. The summed E-state index contributed by atoms with van der Waals surface area (Å²) < 4.78 is 10.8. The Balaban J connectivity index is 1.64. The van der Waals surface area contributed by atoms with Crippen LogP contribution in [0, 0.1) is 10.1 Å². The molecule has 1 aliphatic heterocycles. The fraction of sp³-hybridized carbons (Fsp3) is 0.167. The Morgan fingerprint density at radius 3 is 2.50 bits per heavy atom. The maximum Gasteiger partial charge on any atom is 0.295 e. The molecule has 34 heavy (non-hydrogen) atoms. The minimum atomic E-state index is -0.855. The van der Waals surface area contributed by atoms with E-state index < -0.39 is 28.4 Å². The molecule has 0 aliphatic carbocycles. The first-order chi connectivity index (χ1) is 16.4. The number of ether oxygens (including phenoxy) is 2. The Kier molecular flexibility index (Phi) is 6.60. The monoisotopic (exact) mass is 480 g/mol. The van der Waals surface area contributed by atoms with Crippen LogP contribution in [0.3, 0.4) is 0 Å². The topological polar surface area (TPSA) is 119 Å². The van der Waals surface area contributed by atoms with Crippen molar-refractivity contribution in [3.63, 3.8) is 0 Å². The number of methoxy groups -OCH3 is 1. The predicted octanol–water partition coefficient (Wildman–Crippen LogP) is 4.17. The molecule has 0 saturated carbocycles. The summed E-state index contributed by atoms with van der Waals surface area (Å²) in [6, 6.07) is 15.0. The highest BCUT2D eigenvalue weighted by atomic mass is 32.1. The highest BCUT2D eigenvalue weighted by Crippen LogP contribution is 2.41. The maximum absolute atomic E-state index is 13.0. The van der Waals surface area contributed by atoms with Crippen LogP contribution >= 0.6 is 11.3 Å². The van der Waals surface area contributed by atoms with Crippen LogP contribution in [0.5, 0.6) is 11.5 Å². The van der Waals surface area contributed by atoms with Crippen molar-refractivity contribution in [3.05, 3.63) is 92.2 Å². The van der Waals surface area contributed by atoms with Crippen LogP contribution in [0.15, 0.2) is 71.6 Å². The molecule has 0 bridgehead atoms. The number of ketones is 1. The molecular formula is C24H20N2O7S. The van der Waals surface area contributed by atoms with Gasteiger partial charge in [0.05, 0.1) is 30.2 Å². The van der Waals surface area contributed by atoms with E-state index in [-0.39, 0.29) is 30.0 Å². The van der Waals surface area contributed by atoms with Gasteiger partial charge in [-0.1, -0.05) is 18.2 Å². The van der Waals surface area contributed by atoms with Gasteiger partial charge in [-0.15, -0.1) is 11.3 Å². The van der Waals surface area contributed by atoms with Crippen molar-refractivity contribution >= 4 is 34.5 Å². The first-order valence-corrected chi connectivity index (χ1v) is 11.1. The lowest BCUT2D eigenvalue weighted by Crippen LogP contribution is -2.33. The van der Waals surface area contributed by atoms with Crippen LogP contribution in [0.25, 0.3) is 5.76 Å². The lowest BCUT2D eigenvalue weighted by atomic mass is 9.99. The maximum atomic E-state index is 13.0. The second-order valence-corrected chi connectivity index (χ2v) is 8.32. The number of nitro benzene ring substituents is 1. The molecule has 1 aromatic heterocycles. The summed E-state index contributed by atoms with van der Waals surface area (Å²) in [6.07, 6.45) is 0. The third kappa shape index (κ3) is 4.48. The Morgan fingerprint density at radius 1 is 1.12 bits per heavy atom. The fourth-order valence-electron chi connectivity index (χ4n) is 3.71. The highest BCUT2D eigenvalue weighted by Gasteiger charge is 2.46. The molecule has 0 spiro atoms. The van der Waals surface area contributed by atoms with E-state index in [0.717, 1.165) is 0 Å². The van der Waals surface area contributed by atoms with Gasteiger partial charge in [0.25, 0.3) is 17.4 Å². The van der Waals surface area contributed by atoms with Crippen LogP contribution in [0.2, 0.25) is 0 Å². The molecule has 2 aromatic carbocycles. The van der Waals surface area contributed by atoms with Crippen molar-refractivity contribution < 1.29 is 29.1 Å². The number of aliphatic hydroxyl groups excluding tert-OH is 1. The zero-order valence-electron chi connectivity index (χ0n) is 18.0. The van der Waals surface area contributed by atoms with Crippen LogP contribution < -0.4 is 9.47 Å². The molecule has 1 aliphatic rings. The summed E-state index contributed by atoms with van der Waals surface area (Å²) in [5, 5.41) is 23.9. The SMILES string of the molecule is COc1ccc(OCCN2C(=O)C(=O)/C(=C(\O)c3cccc([N+](=O)[O-])c3)C2c2cccs2)cc1. The molecule has 4 rings (SSSR count). The normalized spacial score (nSPS) is 17.1. The Labute approximate surface area is 198 Å². The third-order valence-electron chi connectivity index (χ3n) is 5.34. The summed E-state index contributed by atoms with van der Waals surface area (Å²) in [4.78, 5) is 38.5. The van der Waals surface area contributed by atoms with Crippen molar-refractivity contribution in [2.45, 2.75) is 6.04 Å². The van der Waals surface area contributed by atoms with E-state index in [2.05, 4.69) is 0 Å². The molecule has 174 valence electrons. The third-order valence-corrected chi connectivity index (χ3v) is 6.27. The number of hydrogen-bond acceptors (Lipinski definition) is 8. The van der Waals surface area contributed by atoms with Crippen molar-refractivity contribution in [2.24, 2.45) is 0 Å². The predicted molar refractivity (Wildman–Crippen MR) is 125 cm³/mol. The van der Waals surface area contributed by atoms with Crippen molar-refractivity contribution in [1.29, 1.82) is 0 Å². The molecule has 0 radical (unpaired) electrons. The van der Waals surface area contributed by atoms with Gasteiger partial charge in [-0.25, -0.2) is 0 Å². The lowest BCUT2D eigenvalue weighted by molar-refractivity contribution is -0.384. The van der Waals surface area contributed by atoms with E-state index in [4.69, 9.17) is 9.47 Å². The number of rotatable bonds is 8. The number of likely N-dealkylation sites (tertiary alicyclic amines) is 1. The highest BCUT2D eigenvalue weighted by molar-refractivity contribution is 7.10. The molecule has 1 unspecified atom stereocenters. The van der Waals surface area contributed by atoms with E-state index >= 15 is 0 Å². The molecule has 1 N–H and O–H groups in total. The minimum absolute atomic E-state index is 0.0863. The molecule has 9 nitrogen and oxygen atoms in total. The van der Waals surface area contributed by atoms with Gasteiger partial charge in [-0.2, -0.15) is 0 Å². The largest absolute Gasteiger partial charge is 0.507 e.